The zero-order valence-electron chi connectivity index (χ0n) is 9.90. The average Bonchev–Trinajstić information content (AvgIpc) is 2.81. The van der Waals surface area contributed by atoms with E-state index in [0.29, 0.717) is 0 Å². The standard InChI is InChI=1S/C11H11NO4S3/c1-18(13,14)10-5-2-4-9(8-10)12-19(15,16)11-6-3-7-17-11/h2-8,12H,1H3. The van der Waals surface area contributed by atoms with Gasteiger partial charge in [0.25, 0.3) is 10.0 Å². The van der Waals surface area contributed by atoms with Gasteiger partial charge in [-0.25, -0.2) is 16.8 Å². The fourth-order valence-electron chi connectivity index (χ4n) is 1.41. The summed E-state index contributed by atoms with van der Waals surface area (Å²) in [6, 6.07) is 8.81. The first-order valence-electron chi connectivity index (χ1n) is 5.15. The van der Waals surface area contributed by atoms with Crippen molar-refractivity contribution < 1.29 is 16.8 Å². The van der Waals surface area contributed by atoms with Gasteiger partial charge in [0.2, 0.25) is 0 Å². The van der Waals surface area contributed by atoms with Crippen LogP contribution in [-0.2, 0) is 19.9 Å². The molecule has 1 heterocycles. The summed E-state index contributed by atoms with van der Waals surface area (Å²) in [4.78, 5) is 0.0684. The van der Waals surface area contributed by atoms with Crippen LogP contribution in [0.25, 0.3) is 0 Å². The van der Waals surface area contributed by atoms with Crippen molar-refractivity contribution in [3.05, 3.63) is 41.8 Å². The second-order valence-electron chi connectivity index (χ2n) is 3.84. The van der Waals surface area contributed by atoms with Crippen molar-refractivity contribution in [2.45, 2.75) is 9.10 Å². The molecule has 0 saturated heterocycles. The highest BCUT2D eigenvalue weighted by molar-refractivity contribution is 7.94. The Balaban J connectivity index is 2.35. The lowest BCUT2D eigenvalue weighted by atomic mass is 10.3. The minimum atomic E-state index is -3.66. The third kappa shape index (κ3) is 3.34. The van der Waals surface area contributed by atoms with Gasteiger partial charge < -0.3 is 0 Å². The maximum atomic E-state index is 12.0. The second kappa shape index (κ2) is 4.95. The van der Waals surface area contributed by atoms with Gasteiger partial charge in [0.15, 0.2) is 9.84 Å². The quantitative estimate of drug-likeness (QED) is 0.934. The normalized spacial score (nSPS) is 12.3. The highest BCUT2D eigenvalue weighted by Crippen LogP contribution is 2.22. The number of anilines is 1. The van der Waals surface area contributed by atoms with Gasteiger partial charge in [-0.2, -0.15) is 0 Å². The van der Waals surface area contributed by atoms with E-state index in [-0.39, 0.29) is 14.8 Å². The maximum Gasteiger partial charge on any atom is 0.271 e. The molecule has 0 saturated carbocycles. The third-order valence-corrected chi connectivity index (χ3v) is 6.16. The van der Waals surface area contributed by atoms with Crippen LogP contribution >= 0.6 is 11.3 Å². The maximum absolute atomic E-state index is 12.0. The minimum Gasteiger partial charge on any atom is -0.279 e. The van der Waals surface area contributed by atoms with Gasteiger partial charge in [0, 0.05) is 6.26 Å². The molecule has 0 atom stereocenters. The van der Waals surface area contributed by atoms with Gasteiger partial charge in [0.05, 0.1) is 10.6 Å². The molecule has 0 aliphatic heterocycles. The van der Waals surface area contributed by atoms with E-state index in [4.69, 9.17) is 0 Å². The number of hydrogen-bond donors (Lipinski definition) is 1. The average molecular weight is 317 g/mol. The highest BCUT2D eigenvalue weighted by Gasteiger charge is 2.16. The van der Waals surface area contributed by atoms with Crippen LogP contribution in [0.4, 0.5) is 5.69 Å². The SMILES string of the molecule is CS(=O)(=O)c1cccc(NS(=O)(=O)c2cccs2)c1. The zero-order chi connectivity index (χ0) is 14.1. The Morgan fingerprint density at radius 1 is 1.05 bits per heavy atom. The van der Waals surface area contributed by atoms with Gasteiger partial charge in [-0.05, 0) is 29.6 Å². The predicted octanol–water partition coefficient (Wildman–Crippen LogP) is 1.95. The molecular formula is C11H11NO4S3. The number of sulfone groups is 1. The lowest BCUT2D eigenvalue weighted by Crippen LogP contribution is -2.11. The largest absolute Gasteiger partial charge is 0.279 e. The number of thiophene rings is 1. The lowest BCUT2D eigenvalue weighted by Gasteiger charge is -2.07. The molecule has 0 fully saturated rings. The molecule has 1 N–H and O–H groups in total. The van der Waals surface area contributed by atoms with Crippen LogP contribution in [0, 0.1) is 0 Å². The van der Waals surface area contributed by atoms with E-state index in [0.717, 1.165) is 17.6 Å². The minimum absolute atomic E-state index is 0.0684. The van der Waals surface area contributed by atoms with Crippen molar-refractivity contribution in [3.63, 3.8) is 0 Å². The Hall–Kier alpha value is -1.38. The van der Waals surface area contributed by atoms with E-state index in [2.05, 4.69) is 4.72 Å². The van der Waals surface area contributed by atoms with Crippen LogP contribution in [0.2, 0.25) is 0 Å². The first-order valence-corrected chi connectivity index (χ1v) is 9.41. The summed E-state index contributed by atoms with van der Waals surface area (Å²) in [6.45, 7) is 0. The molecule has 5 nitrogen and oxygen atoms in total. The first kappa shape index (κ1) is 14.0. The van der Waals surface area contributed by atoms with E-state index >= 15 is 0 Å². The van der Waals surface area contributed by atoms with Crippen molar-refractivity contribution in [2.75, 3.05) is 11.0 Å². The molecule has 1 aromatic heterocycles. The molecule has 0 aliphatic rings. The zero-order valence-corrected chi connectivity index (χ0v) is 12.3. The summed E-state index contributed by atoms with van der Waals surface area (Å²) in [5.74, 6) is 0. The summed E-state index contributed by atoms with van der Waals surface area (Å²) in [5.41, 5.74) is 0.219. The van der Waals surface area contributed by atoms with Crippen molar-refractivity contribution in [1.29, 1.82) is 0 Å². The van der Waals surface area contributed by atoms with Crippen LogP contribution < -0.4 is 4.72 Å². The van der Waals surface area contributed by atoms with Crippen LogP contribution in [0.3, 0.4) is 0 Å². The van der Waals surface area contributed by atoms with Crippen LogP contribution in [0.1, 0.15) is 0 Å². The smallest absolute Gasteiger partial charge is 0.271 e. The Labute approximate surface area is 115 Å². The molecular weight excluding hydrogens is 306 g/mol. The summed E-state index contributed by atoms with van der Waals surface area (Å²) in [5, 5.41) is 1.65. The number of rotatable bonds is 4. The molecule has 102 valence electrons. The molecule has 8 heteroatoms. The molecule has 0 spiro atoms. The molecule has 0 unspecified atom stereocenters. The van der Waals surface area contributed by atoms with Crippen molar-refractivity contribution >= 4 is 36.9 Å². The van der Waals surface area contributed by atoms with Gasteiger partial charge in [-0.15, -0.1) is 11.3 Å². The van der Waals surface area contributed by atoms with E-state index < -0.39 is 19.9 Å². The van der Waals surface area contributed by atoms with Crippen molar-refractivity contribution in [2.24, 2.45) is 0 Å². The monoisotopic (exact) mass is 317 g/mol. The number of sulfonamides is 1. The van der Waals surface area contributed by atoms with E-state index in [1.165, 1.54) is 30.3 Å². The molecule has 0 radical (unpaired) electrons. The van der Waals surface area contributed by atoms with Crippen molar-refractivity contribution in [1.82, 2.24) is 0 Å². The molecule has 2 aromatic rings. The lowest BCUT2D eigenvalue weighted by molar-refractivity contribution is 0.600. The summed E-state index contributed by atoms with van der Waals surface area (Å²) in [6.07, 6.45) is 1.07. The van der Waals surface area contributed by atoms with E-state index in [1.807, 2.05) is 0 Å². The third-order valence-electron chi connectivity index (χ3n) is 2.27. The molecule has 2 rings (SSSR count). The summed E-state index contributed by atoms with van der Waals surface area (Å²) >= 11 is 1.09. The molecule has 0 aliphatic carbocycles. The second-order valence-corrected chi connectivity index (χ2v) is 8.71. The Bertz CT molecular complexity index is 777. The van der Waals surface area contributed by atoms with Gasteiger partial charge in [0.1, 0.15) is 4.21 Å². The van der Waals surface area contributed by atoms with Gasteiger partial charge >= 0.3 is 0 Å². The van der Waals surface area contributed by atoms with Crippen molar-refractivity contribution in [3.8, 4) is 0 Å². The Morgan fingerprint density at radius 2 is 1.79 bits per heavy atom. The fourth-order valence-corrected chi connectivity index (χ4v) is 4.12. The van der Waals surface area contributed by atoms with E-state index in [1.54, 1.807) is 11.4 Å². The van der Waals surface area contributed by atoms with Crippen LogP contribution in [-0.4, -0.2) is 23.1 Å². The highest BCUT2D eigenvalue weighted by atomic mass is 32.2. The summed E-state index contributed by atoms with van der Waals surface area (Å²) in [7, 11) is -7.03. The molecule has 0 amide bonds. The Kier molecular flexibility index (Phi) is 3.66. The topological polar surface area (TPSA) is 80.3 Å². The molecule has 0 bridgehead atoms. The fraction of sp³-hybridized carbons (Fsp3) is 0.0909. The number of nitrogens with one attached hydrogen (secondary N) is 1. The Morgan fingerprint density at radius 3 is 2.37 bits per heavy atom. The molecule has 1 aromatic carbocycles. The van der Waals surface area contributed by atoms with Gasteiger partial charge in [-0.1, -0.05) is 12.1 Å². The number of benzene rings is 1. The predicted molar refractivity (Wildman–Crippen MR) is 74.7 cm³/mol. The van der Waals surface area contributed by atoms with E-state index in [9.17, 15) is 16.8 Å². The number of hydrogen-bond acceptors (Lipinski definition) is 5. The summed E-state index contributed by atoms with van der Waals surface area (Å²) < 4.78 is 49.3. The molecule has 19 heavy (non-hydrogen) atoms. The van der Waals surface area contributed by atoms with Crippen LogP contribution in [0.5, 0.6) is 0 Å². The van der Waals surface area contributed by atoms with Gasteiger partial charge in [-0.3, -0.25) is 4.72 Å². The van der Waals surface area contributed by atoms with Crippen LogP contribution in [0.15, 0.2) is 50.9 Å². The first-order chi connectivity index (χ1) is 8.79.